The fourth-order valence-electron chi connectivity index (χ4n) is 2.53. The van der Waals surface area contributed by atoms with Crippen LogP contribution in [-0.4, -0.2) is 29.4 Å². The van der Waals surface area contributed by atoms with Crippen molar-refractivity contribution >= 4 is 12.7 Å². The van der Waals surface area contributed by atoms with Gasteiger partial charge in [-0.1, -0.05) is 13.8 Å². The fourth-order valence-corrected chi connectivity index (χ4v) is 2.53. The van der Waals surface area contributed by atoms with Crippen molar-refractivity contribution in [2.45, 2.75) is 77.6 Å². The SMILES string of the molecule is CC(C)c1cc(OC2CC2)cnc1B1OC(C)(C)C(C)(C)O1. The first kappa shape index (κ1) is 15.8. The Morgan fingerprint density at radius 1 is 1.18 bits per heavy atom. The molecule has 0 spiro atoms. The Bertz CT molecular complexity index is 551. The van der Waals surface area contributed by atoms with Crippen molar-refractivity contribution < 1.29 is 14.0 Å². The highest BCUT2D eigenvalue weighted by Gasteiger charge is 2.53. The maximum absolute atomic E-state index is 6.15. The lowest BCUT2D eigenvalue weighted by molar-refractivity contribution is 0.00578. The van der Waals surface area contributed by atoms with E-state index in [1.165, 1.54) is 0 Å². The Kier molecular flexibility index (Phi) is 3.77. The minimum atomic E-state index is -0.419. The maximum Gasteiger partial charge on any atom is 0.514 e. The first-order chi connectivity index (χ1) is 10.2. The number of hydrogen-bond acceptors (Lipinski definition) is 4. The molecule has 4 nitrogen and oxygen atoms in total. The van der Waals surface area contributed by atoms with Gasteiger partial charge < -0.3 is 14.0 Å². The number of aromatic nitrogens is 1. The van der Waals surface area contributed by atoms with Crippen LogP contribution in [0.2, 0.25) is 0 Å². The molecule has 0 aromatic carbocycles. The molecule has 1 saturated heterocycles. The minimum Gasteiger partial charge on any atom is -0.489 e. The molecule has 1 saturated carbocycles. The number of pyridine rings is 1. The molecule has 0 unspecified atom stereocenters. The number of ether oxygens (including phenoxy) is 1. The van der Waals surface area contributed by atoms with E-state index in [4.69, 9.17) is 14.0 Å². The predicted molar refractivity (Wildman–Crippen MR) is 87.7 cm³/mol. The number of rotatable bonds is 4. The van der Waals surface area contributed by atoms with Crippen molar-refractivity contribution in [1.29, 1.82) is 0 Å². The molecule has 0 bridgehead atoms. The average Bonchev–Trinajstić information content (AvgIpc) is 3.17. The monoisotopic (exact) mass is 303 g/mol. The van der Waals surface area contributed by atoms with Crippen LogP contribution in [0.25, 0.3) is 0 Å². The zero-order chi connectivity index (χ0) is 16.1. The second kappa shape index (κ2) is 5.24. The summed E-state index contributed by atoms with van der Waals surface area (Å²) in [4.78, 5) is 4.62. The van der Waals surface area contributed by atoms with Crippen LogP contribution >= 0.6 is 0 Å². The molecule has 3 rings (SSSR count). The van der Waals surface area contributed by atoms with Gasteiger partial charge in [-0.3, -0.25) is 4.98 Å². The Labute approximate surface area is 133 Å². The van der Waals surface area contributed by atoms with Crippen LogP contribution in [0, 0.1) is 0 Å². The summed E-state index contributed by atoms with van der Waals surface area (Å²) in [5, 5.41) is 0. The van der Waals surface area contributed by atoms with E-state index in [9.17, 15) is 0 Å². The topological polar surface area (TPSA) is 40.6 Å². The van der Waals surface area contributed by atoms with Crippen LogP contribution in [0.15, 0.2) is 12.3 Å². The van der Waals surface area contributed by atoms with Gasteiger partial charge in [-0.15, -0.1) is 0 Å². The molecule has 1 aliphatic heterocycles. The minimum absolute atomic E-state index is 0.337. The van der Waals surface area contributed by atoms with Gasteiger partial charge in [0.2, 0.25) is 0 Å². The highest BCUT2D eigenvalue weighted by molar-refractivity contribution is 6.61. The molecule has 0 atom stereocenters. The summed E-state index contributed by atoms with van der Waals surface area (Å²) < 4.78 is 18.2. The molecule has 2 heterocycles. The Balaban J connectivity index is 1.90. The Morgan fingerprint density at radius 3 is 2.27 bits per heavy atom. The van der Waals surface area contributed by atoms with Gasteiger partial charge in [0.25, 0.3) is 0 Å². The normalized spacial score (nSPS) is 23.1. The van der Waals surface area contributed by atoms with E-state index in [2.05, 4.69) is 52.6 Å². The standard InChI is InChI=1S/C17H26BNO3/c1-11(2)14-9-13(20-12-7-8-12)10-19-15(14)18-21-16(3,4)17(5,6)22-18/h9-12H,7-8H2,1-6H3. The van der Waals surface area contributed by atoms with Crippen molar-refractivity contribution in [1.82, 2.24) is 4.98 Å². The molecule has 2 aliphatic rings. The quantitative estimate of drug-likeness (QED) is 0.802. The average molecular weight is 303 g/mol. The van der Waals surface area contributed by atoms with Crippen LogP contribution in [0.3, 0.4) is 0 Å². The molecular formula is C17H26BNO3. The van der Waals surface area contributed by atoms with Gasteiger partial charge in [0.15, 0.2) is 0 Å². The summed E-state index contributed by atoms with van der Waals surface area (Å²) in [7, 11) is -0.419. The molecule has 2 fully saturated rings. The fraction of sp³-hybridized carbons (Fsp3) is 0.706. The van der Waals surface area contributed by atoms with Gasteiger partial charge >= 0.3 is 7.12 Å². The lowest BCUT2D eigenvalue weighted by atomic mass is 9.78. The smallest absolute Gasteiger partial charge is 0.489 e. The molecule has 120 valence electrons. The first-order valence-electron chi connectivity index (χ1n) is 8.22. The van der Waals surface area contributed by atoms with Crippen LogP contribution in [0.1, 0.15) is 65.9 Å². The van der Waals surface area contributed by atoms with Gasteiger partial charge in [-0.25, -0.2) is 0 Å². The van der Waals surface area contributed by atoms with Crippen molar-refractivity contribution in [3.05, 3.63) is 17.8 Å². The van der Waals surface area contributed by atoms with Crippen molar-refractivity contribution in [3.8, 4) is 5.75 Å². The second-order valence-electron chi connectivity index (χ2n) is 7.71. The Morgan fingerprint density at radius 2 is 1.77 bits per heavy atom. The predicted octanol–water partition coefficient (Wildman–Crippen LogP) is 3.05. The maximum atomic E-state index is 6.15. The number of hydrogen-bond donors (Lipinski definition) is 0. The molecule has 0 radical (unpaired) electrons. The number of nitrogens with zero attached hydrogens (tertiary/aromatic N) is 1. The third kappa shape index (κ3) is 2.89. The van der Waals surface area contributed by atoms with Gasteiger partial charge in [0.1, 0.15) is 5.75 Å². The molecule has 0 amide bonds. The third-order valence-electron chi connectivity index (χ3n) is 4.85. The van der Waals surface area contributed by atoms with E-state index in [0.717, 1.165) is 29.7 Å². The molecule has 5 heteroatoms. The molecule has 22 heavy (non-hydrogen) atoms. The summed E-state index contributed by atoms with van der Waals surface area (Å²) >= 11 is 0. The zero-order valence-corrected chi connectivity index (χ0v) is 14.5. The summed E-state index contributed by atoms with van der Waals surface area (Å²) in [6.45, 7) is 12.6. The van der Waals surface area contributed by atoms with Gasteiger partial charge in [-0.2, -0.15) is 0 Å². The van der Waals surface area contributed by atoms with E-state index in [1.807, 2.05) is 0 Å². The lowest BCUT2D eigenvalue weighted by Gasteiger charge is -2.32. The van der Waals surface area contributed by atoms with Crippen molar-refractivity contribution in [2.75, 3.05) is 0 Å². The summed E-state index contributed by atoms with van der Waals surface area (Å²) in [5.41, 5.74) is 1.31. The Hall–Kier alpha value is -1.07. The van der Waals surface area contributed by atoms with Crippen LogP contribution in [0.4, 0.5) is 0 Å². The molecule has 0 N–H and O–H groups in total. The summed E-state index contributed by atoms with van der Waals surface area (Å²) in [5.74, 6) is 1.19. The summed E-state index contributed by atoms with van der Waals surface area (Å²) in [6, 6.07) is 2.09. The molecule has 1 aromatic rings. The van der Waals surface area contributed by atoms with E-state index in [1.54, 1.807) is 6.20 Å². The van der Waals surface area contributed by atoms with Gasteiger partial charge in [0.05, 0.1) is 29.1 Å². The van der Waals surface area contributed by atoms with E-state index >= 15 is 0 Å². The zero-order valence-electron chi connectivity index (χ0n) is 14.5. The van der Waals surface area contributed by atoms with Crippen LogP contribution < -0.4 is 10.3 Å². The van der Waals surface area contributed by atoms with E-state index < -0.39 is 7.12 Å². The third-order valence-corrected chi connectivity index (χ3v) is 4.85. The molecular weight excluding hydrogens is 277 g/mol. The molecule has 1 aromatic heterocycles. The highest BCUT2D eigenvalue weighted by Crippen LogP contribution is 2.37. The van der Waals surface area contributed by atoms with E-state index in [0.29, 0.717) is 12.0 Å². The van der Waals surface area contributed by atoms with Gasteiger partial charge in [-0.05, 0) is 58.1 Å². The van der Waals surface area contributed by atoms with Crippen LogP contribution in [-0.2, 0) is 9.31 Å². The van der Waals surface area contributed by atoms with Gasteiger partial charge in [0, 0.05) is 0 Å². The summed E-state index contributed by atoms with van der Waals surface area (Å²) in [6.07, 6.45) is 4.47. The largest absolute Gasteiger partial charge is 0.514 e. The van der Waals surface area contributed by atoms with Crippen molar-refractivity contribution in [2.24, 2.45) is 0 Å². The molecule has 1 aliphatic carbocycles. The lowest BCUT2D eigenvalue weighted by Crippen LogP contribution is -2.41. The first-order valence-corrected chi connectivity index (χ1v) is 8.22. The highest BCUT2D eigenvalue weighted by atomic mass is 16.7. The van der Waals surface area contributed by atoms with Crippen LogP contribution in [0.5, 0.6) is 5.75 Å². The van der Waals surface area contributed by atoms with Crippen molar-refractivity contribution in [3.63, 3.8) is 0 Å². The van der Waals surface area contributed by atoms with E-state index in [-0.39, 0.29) is 11.2 Å². The second-order valence-corrected chi connectivity index (χ2v) is 7.71.